The van der Waals surface area contributed by atoms with Gasteiger partial charge in [0.15, 0.2) is 0 Å². The summed E-state index contributed by atoms with van der Waals surface area (Å²) in [6.45, 7) is 3.17. The number of nitrogens with one attached hydrogen (secondary N) is 1. The first-order valence-corrected chi connectivity index (χ1v) is 7.89. The monoisotopic (exact) mass is 359 g/mol. The Morgan fingerprint density at radius 1 is 1.28 bits per heavy atom. The predicted molar refractivity (Wildman–Crippen MR) is 83.7 cm³/mol. The molecule has 0 bridgehead atoms. The Bertz CT molecular complexity index is 369. The third-order valence-corrected chi connectivity index (χ3v) is 4.57. The van der Waals surface area contributed by atoms with Gasteiger partial charge in [-0.3, -0.25) is 0 Å². The number of halogens is 1. The van der Waals surface area contributed by atoms with Crippen LogP contribution in [0, 0.1) is 3.57 Å². The van der Waals surface area contributed by atoms with Crippen LogP contribution < -0.4 is 5.32 Å². The Morgan fingerprint density at radius 2 is 1.89 bits per heavy atom. The van der Waals surface area contributed by atoms with Crippen molar-refractivity contribution in [3.8, 4) is 0 Å². The van der Waals surface area contributed by atoms with E-state index in [0.29, 0.717) is 6.04 Å². The molecule has 0 radical (unpaired) electrons. The van der Waals surface area contributed by atoms with E-state index in [4.69, 9.17) is 0 Å². The molecule has 2 N–H and O–H groups in total. The minimum Gasteiger partial charge on any atom is -0.390 e. The van der Waals surface area contributed by atoms with E-state index < -0.39 is 5.60 Å². The first-order valence-electron chi connectivity index (χ1n) is 6.81. The van der Waals surface area contributed by atoms with Gasteiger partial charge in [-0.05, 0) is 72.5 Å². The fraction of sp³-hybridized carbons (Fsp3) is 0.600. The molecule has 2 nitrogen and oxygen atoms in total. The smallest absolute Gasteiger partial charge is 0.0689 e. The fourth-order valence-corrected chi connectivity index (χ4v) is 3.17. The van der Waals surface area contributed by atoms with Gasteiger partial charge in [0.1, 0.15) is 0 Å². The van der Waals surface area contributed by atoms with E-state index in [1.165, 1.54) is 9.13 Å². The van der Waals surface area contributed by atoms with Crippen LogP contribution in [0.4, 0.5) is 0 Å². The van der Waals surface area contributed by atoms with Crippen molar-refractivity contribution in [2.75, 3.05) is 6.54 Å². The van der Waals surface area contributed by atoms with Crippen LogP contribution in [-0.2, 0) is 6.42 Å². The van der Waals surface area contributed by atoms with Crippen molar-refractivity contribution in [1.29, 1.82) is 0 Å². The summed E-state index contributed by atoms with van der Waals surface area (Å²) in [6, 6.07) is 9.10. The Balaban J connectivity index is 1.91. The molecular formula is C15H22INO. The third-order valence-electron chi connectivity index (χ3n) is 3.86. The van der Waals surface area contributed by atoms with Crippen molar-refractivity contribution in [2.45, 2.75) is 50.7 Å². The maximum atomic E-state index is 10.7. The fourth-order valence-electron chi connectivity index (χ4n) is 2.81. The SMILES string of the molecule is CCNC1CCC(O)(Cc2ccc(I)cc2)CC1. The van der Waals surface area contributed by atoms with Gasteiger partial charge in [-0.15, -0.1) is 0 Å². The highest BCUT2D eigenvalue weighted by Gasteiger charge is 2.32. The zero-order valence-electron chi connectivity index (χ0n) is 11.0. The third kappa shape index (κ3) is 3.93. The second kappa shape index (κ2) is 6.35. The zero-order valence-corrected chi connectivity index (χ0v) is 13.1. The average molecular weight is 359 g/mol. The first kappa shape index (κ1) is 14.3. The largest absolute Gasteiger partial charge is 0.390 e. The summed E-state index contributed by atoms with van der Waals surface area (Å²) >= 11 is 2.31. The summed E-state index contributed by atoms with van der Waals surface area (Å²) < 4.78 is 1.25. The van der Waals surface area contributed by atoms with E-state index in [1.807, 2.05) is 0 Å². The molecule has 0 heterocycles. The van der Waals surface area contributed by atoms with E-state index in [9.17, 15) is 5.11 Å². The summed E-state index contributed by atoms with van der Waals surface area (Å²) in [7, 11) is 0. The number of aliphatic hydroxyl groups is 1. The van der Waals surface area contributed by atoms with Gasteiger partial charge in [0.2, 0.25) is 0 Å². The second-order valence-electron chi connectivity index (χ2n) is 5.36. The highest BCUT2D eigenvalue weighted by molar-refractivity contribution is 14.1. The van der Waals surface area contributed by atoms with Crippen LogP contribution in [0.5, 0.6) is 0 Å². The van der Waals surface area contributed by atoms with Crippen LogP contribution in [-0.4, -0.2) is 23.3 Å². The molecule has 0 atom stereocenters. The van der Waals surface area contributed by atoms with Gasteiger partial charge in [-0.1, -0.05) is 19.1 Å². The van der Waals surface area contributed by atoms with Crippen molar-refractivity contribution < 1.29 is 5.11 Å². The molecule has 1 aliphatic rings. The van der Waals surface area contributed by atoms with E-state index in [-0.39, 0.29) is 0 Å². The molecule has 1 aromatic rings. The Hall–Kier alpha value is -0.130. The molecular weight excluding hydrogens is 337 g/mol. The van der Waals surface area contributed by atoms with Gasteiger partial charge in [-0.2, -0.15) is 0 Å². The van der Waals surface area contributed by atoms with Crippen molar-refractivity contribution >= 4 is 22.6 Å². The van der Waals surface area contributed by atoms with Gasteiger partial charge in [-0.25, -0.2) is 0 Å². The van der Waals surface area contributed by atoms with Gasteiger partial charge >= 0.3 is 0 Å². The molecule has 0 aromatic heterocycles. The minimum absolute atomic E-state index is 0.487. The predicted octanol–water partition coefficient (Wildman–Crippen LogP) is 3.12. The van der Waals surface area contributed by atoms with E-state index >= 15 is 0 Å². The van der Waals surface area contributed by atoms with Crippen molar-refractivity contribution in [2.24, 2.45) is 0 Å². The van der Waals surface area contributed by atoms with Crippen LogP contribution in [0.15, 0.2) is 24.3 Å². The summed E-state index contributed by atoms with van der Waals surface area (Å²) in [5.41, 5.74) is 0.762. The summed E-state index contributed by atoms with van der Waals surface area (Å²) in [5.74, 6) is 0. The lowest BCUT2D eigenvalue weighted by atomic mass is 9.78. The van der Waals surface area contributed by atoms with Crippen molar-refractivity contribution in [3.63, 3.8) is 0 Å². The number of rotatable bonds is 4. The van der Waals surface area contributed by atoms with Gasteiger partial charge in [0, 0.05) is 16.0 Å². The van der Waals surface area contributed by atoms with Crippen LogP contribution >= 0.6 is 22.6 Å². The highest BCUT2D eigenvalue weighted by Crippen LogP contribution is 2.31. The topological polar surface area (TPSA) is 32.3 Å². The molecule has 0 spiro atoms. The Labute approximate surface area is 123 Å². The highest BCUT2D eigenvalue weighted by atomic mass is 127. The van der Waals surface area contributed by atoms with Crippen LogP contribution in [0.1, 0.15) is 38.2 Å². The molecule has 1 saturated carbocycles. The molecule has 1 fully saturated rings. The molecule has 0 amide bonds. The lowest BCUT2D eigenvalue weighted by Gasteiger charge is -2.36. The number of benzene rings is 1. The maximum absolute atomic E-state index is 10.7. The maximum Gasteiger partial charge on any atom is 0.0689 e. The van der Waals surface area contributed by atoms with Crippen molar-refractivity contribution in [3.05, 3.63) is 33.4 Å². The van der Waals surface area contributed by atoms with Crippen molar-refractivity contribution in [1.82, 2.24) is 5.32 Å². The quantitative estimate of drug-likeness (QED) is 0.810. The van der Waals surface area contributed by atoms with E-state index in [2.05, 4.69) is 59.1 Å². The van der Waals surface area contributed by atoms with Crippen LogP contribution in [0.25, 0.3) is 0 Å². The minimum atomic E-state index is -0.487. The zero-order chi connectivity index (χ0) is 13.0. The molecule has 100 valence electrons. The van der Waals surface area contributed by atoms with Gasteiger partial charge in [0.25, 0.3) is 0 Å². The molecule has 0 aliphatic heterocycles. The van der Waals surface area contributed by atoms with E-state index in [1.54, 1.807) is 0 Å². The number of hydrogen-bond donors (Lipinski definition) is 2. The van der Waals surface area contributed by atoms with Gasteiger partial charge < -0.3 is 10.4 Å². The molecule has 1 aromatic carbocycles. The molecule has 18 heavy (non-hydrogen) atoms. The Kier molecular flexibility index (Phi) is 5.04. The lowest BCUT2D eigenvalue weighted by molar-refractivity contribution is -0.00294. The standard InChI is InChI=1S/C15H22INO/c1-2-17-14-7-9-15(18,10-8-14)11-12-3-5-13(16)6-4-12/h3-6,14,17-18H,2,7-11H2,1H3. The van der Waals surface area contributed by atoms with Crippen LogP contribution in [0.2, 0.25) is 0 Å². The van der Waals surface area contributed by atoms with Gasteiger partial charge in [0.05, 0.1) is 5.60 Å². The lowest BCUT2D eigenvalue weighted by Crippen LogP contribution is -2.42. The van der Waals surface area contributed by atoms with E-state index in [0.717, 1.165) is 38.6 Å². The first-order chi connectivity index (χ1) is 8.61. The molecule has 2 rings (SSSR count). The molecule has 0 saturated heterocycles. The summed E-state index contributed by atoms with van der Waals surface area (Å²) in [6.07, 6.45) is 4.81. The Morgan fingerprint density at radius 3 is 2.44 bits per heavy atom. The summed E-state index contributed by atoms with van der Waals surface area (Å²) in [4.78, 5) is 0. The second-order valence-corrected chi connectivity index (χ2v) is 6.61. The average Bonchev–Trinajstić information content (AvgIpc) is 2.36. The molecule has 3 heteroatoms. The molecule has 0 unspecified atom stereocenters. The summed E-state index contributed by atoms with van der Waals surface area (Å²) in [5, 5.41) is 14.1. The van der Waals surface area contributed by atoms with Crippen LogP contribution in [0.3, 0.4) is 0 Å². The number of hydrogen-bond acceptors (Lipinski definition) is 2. The normalized spacial score (nSPS) is 28.3. The molecule has 1 aliphatic carbocycles.